The van der Waals surface area contributed by atoms with E-state index in [0.717, 1.165) is 29.2 Å². The summed E-state index contributed by atoms with van der Waals surface area (Å²) in [6.45, 7) is 2.67. The molecule has 0 radical (unpaired) electrons. The highest BCUT2D eigenvalue weighted by Gasteiger charge is 2.22. The maximum Gasteiger partial charge on any atom is 0.285 e. The molecule has 0 spiro atoms. The normalized spacial score (nSPS) is 15.7. The minimum absolute atomic E-state index is 0.190. The van der Waals surface area contributed by atoms with Crippen LogP contribution < -0.4 is 15.6 Å². The van der Waals surface area contributed by atoms with E-state index in [-0.39, 0.29) is 5.91 Å². The van der Waals surface area contributed by atoms with Crippen LogP contribution in [-0.2, 0) is 4.79 Å². The monoisotopic (exact) mass is 368 g/mol. The Morgan fingerprint density at radius 1 is 1.31 bits per heavy atom. The molecule has 1 amide bonds. The van der Waals surface area contributed by atoms with Crippen molar-refractivity contribution in [3.05, 3.63) is 47.2 Å². The van der Waals surface area contributed by atoms with E-state index >= 15 is 0 Å². The van der Waals surface area contributed by atoms with Gasteiger partial charge in [0, 0.05) is 11.6 Å². The Balaban J connectivity index is 2.00. The van der Waals surface area contributed by atoms with Crippen molar-refractivity contribution < 1.29 is 9.53 Å². The molecule has 1 fully saturated rings. The molecule has 0 atom stereocenters. The molecule has 2 N–H and O–H groups in total. The first-order valence-corrected chi connectivity index (χ1v) is 9.57. The number of nitriles is 1. The molecule has 2 aromatic carbocycles. The van der Waals surface area contributed by atoms with Crippen LogP contribution in [-0.4, -0.2) is 23.3 Å². The van der Waals surface area contributed by atoms with E-state index in [9.17, 15) is 10.1 Å². The van der Waals surface area contributed by atoms with Gasteiger partial charge in [0.05, 0.1) is 12.2 Å². The number of rotatable bonds is 6. The molecule has 6 nitrogen and oxygen atoms in total. The highest BCUT2D eigenvalue weighted by Crippen LogP contribution is 2.31. The molecule has 0 unspecified atom stereocenters. The van der Waals surface area contributed by atoms with Gasteiger partial charge in [-0.1, -0.05) is 36.1 Å². The molecule has 1 aliphatic rings. The van der Waals surface area contributed by atoms with Crippen LogP contribution in [0.25, 0.3) is 16.8 Å². The maximum absolute atomic E-state index is 12.0. The quantitative estimate of drug-likeness (QED) is 0.462. The predicted octanol–water partition coefficient (Wildman–Crippen LogP) is 3.36. The zero-order valence-electron chi connectivity index (χ0n) is 14.7. The fourth-order valence-electron chi connectivity index (χ4n) is 2.66. The second-order valence-electron chi connectivity index (χ2n) is 5.82. The number of nitrogens with one attached hydrogen (secondary N) is 2. The number of hydrazine groups is 2. The average Bonchev–Trinajstić information content (AvgIpc) is 3.01. The van der Waals surface area contributed by atoms with Crippen LogP contribution >= 0.6 is 11.9 Å². The van der Waals surface area contributed by atoms with Gasteiger partial charge in [-0.3, -0.25) is 15.6 Å². The Morgan fingerprint density at radius 3 is 2.81 bits per heavy atom. The average molecular weight is 368 g/mol. The van der Waals surface area contributed by atoms with Gasteiger partial charge < -0.3 is 4.74 Å². The van der Waals surface area contributed by atoms with Crippen molar-refractivity contribution >= 4 is 34.7 Å². The van der Waals surface area contributed by atoms with Crippen LogP contribution in [0.15, 0.2) is 36.0 Å². The van der Waals surface area contributed by atoms with Crippen molar-refractivity contribution in [2.24, 2.45) is 0 Å². The summed E-state index contributed by atoms with van der Waals surface area (Å²) in [7, 11) is 0. The summed E-state index contributed by atoms with van der Waals surface area (Å²) in [6, 6.07) is 11.7. The standard InChI is InChI=1S/C19H20N4O2S/c1-3-4-9-25-18-15(12-20)8-7-14-6-5-13(10-16(14)18)11-17-19(24)22-23(21-17)26-2/h5-8,10-11,21H,3-4,9H2,1-2H3,(H,22,24). The molecule has 1 saturated heterocycles. The van der Waals surface area contributed by atoms with Crippen molar-refractivity contribution in [2.45, 2.75) is 19.8 Å². The lowest BCUT2D eigenvalue weighted by Crippen LogP contribution is -2.31. The van der Waals surface area contributed by atoms with E-state index < -0.39 is 0 Å². The molecule has 134 valence electrons. The third-order valence-electron chi connectivity index (χ3n) is 4.02. The molecule has 1 heterocycles. The number of fused-ring (bicyclic) bond motifs is 1. The number of unbranched alkanes of at least 4 members (excludes halogenated alkanes) is 1. The fourth-order valence-corrected chi connectivity index (χ4v) is 3.02. The van der Waals surface area contributed by atoms with Gasteiger partial charge in [0.2, 0.25) is 0 Å². The van der Waals surface area contributed by atoms with E-state index in [1.807, 2.05) is 30.5 Å². The predicted molar refractivity (Wildman–Crippen MR) is 104 cm³/mol. The van der Waals surface area contributed by atoms with E-state index in [1.165, 1.54) is 11.9 Å². The molecule has 7 heteroatoms. The molecule has 26 heavy (non-hydrogen) atoms. The topological polar surface area (TPSA) is 77.4 Å². The van der Waals surface area contributed by atoms with Crippen LogP contribution in [0.5, 0.6) is 5.75 Å². The van der Waals surface area contributed by atoms with Gasteiger partial charge in [0.25, 0.3) is 5.91 Å². The number of ether oxygens (including phenoxy) is 1. The summed E-state index contributed by atoms with van der Waals surface area (Å²) < 4.78 is 7.46. The molecular weight excluding hydrogens is 348 g/mol. The molecular formula is C19H20N4O2S. The van der Waals surface area contributed by atoms with Gasteiger partial charge in [-0.2, -0.15) is 5.26 Å². The van der Waals surface area contributed by atoms with E-state index in [2.05, 4.69) is 23.8 Å². The lowest BCUT2D eigenvalue weighted by atomic mass is 10.0. The van der Waals surface area contributed by atoms with Crippen molar-refractivity contribution in [2.75, 3.05) is 12.9 Å². The first-order valence-electron chi connectivity index (χ1n) is 8.39. The third-order valence-corrected chi connectivity index (χ3v) is 4.57. The highest BCUT2D eigenvalue weighted by molar-refractivity contribution is 7.96. The van der Waals surface area contributed by atoms with Crippen LogP contribution in [0.1, 0.15) is 30.9 Å². The summed E-state index contributed by atoms with van der Waals surface area (Å²) >= 11 is 1.36. The van der Waals surface area contributed by atoms with Crippen molar-refractivity contribution in [3.8, 4) is 11.8 Å². The maximum atomic E-state index is 12.0. The Bertz CT molecular complexity index is 904. The summed E-state index contributed by atoms with van der Waals surface area (Å²) in [5.74, 6) is 0.415. The molecule has 0 aliphatic carbocycles. The fraction of sp³-hybridized carbons (Fsp3) is 0.263. The number of carbonyl (C=O) groups excluding carboxylic acids is 1. The second-order valence-corrected chi connectivity index (χ2v) is 6.55. The van der Waals surface area contributed by atoms with Gasteiger partial charge >= 0.3 is 0 Å². The summed E-state index contributed by atoms with van der Waals surface area (Å²) in [5, 5.41) is 11.3. The van der Waals surface area contributed by atoms with Gasteiger partial charge in [0.1, 0.15) is 17.5 Å². The number of amides is 1. The van der Waals surface area contributed by atoms with Gasteiger partial charge in [0.15, 0.2) is 0 Å². The van der Waals surface area contributed by atoms with Crippen LogP contribution in [0.3, 0.4) is 0 Å². The molecule has 1 aliphatic heterocycles. The number of hydrogen-bond acceptors (Lipinski definition) is 6. The van der Waals surface area contributed by atoms with Crippen LogP contribution in [0, 0.1) is 11.3 Å². The van der Waals surface area contributed by atoms with Crippen LogP contribution in [0.4, 0.5) is 0 Å². The summed E-state index contributed by atoms with van der Waals surface area (Å²) in [4.78, 5) is 12.0. The Kier molecular flexibility index (Phi) is 5.66. The molecule has 0 bridgehead atoms. The minimum atomic E-state index is -0.190. The first-order chi connectivity index (χ1) is 12.7. The number of benzene rings is 2. The van der Waals surface area contributed by atoms with E-state index in [1.54, 1.807) is 16.7 Å². The lowest BCUT2D eigenvalue weighted by molar-refractivity contribution is -0.117. The SMILES string of the molecule is CCCCOc1c(C#N)ccc2ccc(C=C3NN(SC)NC3=O)cc12. The van der Waals surface area contributed by atoms with E-state index in [0.29, 0.717) is 23.6 Å². The van der Waals surface area contributed by atoms with Gasteiger partial charge in [-0.05, 0) is 47.5 Å². The zero-order chi connectivity index (χ0) is 18.5. The summed E-state index contributed by atoms with van der Waals surface area (Å²) in [5.41, 5.74) is 7.50. The molecule has 3 rings (SSSR count). The minimum Gasteiger partial charge on any atom is -0.492 e. The Morgan fingerprint density at radius 2 is 2.12 bits per heavy atom. The number of hydrogen-bond donors (Lipinski definition) is 2. The Labute approximate surface area is 156 Å². The number of carbonyl (C=O) groups is 1. The van der Waals surface area contributed by atoms with Crippen molar-refractivity contribution in [1.82, 2.24) is 15.4 Å². The highest BCUT2D eigenvalue weighted by atomic mass is 32.2. The van der Waals surface area contributed by atoms with Crippen molar-refractivity contribution in [3.63, 3.8) is 0 Å². The molecule has 0 saturated carbocycles. The smallest absolute Gasteiger partial charge is 0.285 e. The van der Waals surface area contributed by atoms with Gasteiger partial charge in [-0.25, -0.2) is 0 Å². The van der Waals surface area contributed by atoms with Crippen molar-refractivity contribution in [1.29, 1.82) is 5.26 Å². The molecule has 0 aromatic heterocycles. The zero-order valence-corrected chi connectivity index (χ0v) is 15.5. The second kappa shape index (κ2) is 8.13. The first kappa shape index (κ1) is 18.1. The number of nitrogens with zero attached hydrogens (tertiary/aromatic N) is 2. The summed E-state index contributed by atoms with van der Waals surface area (Å²) in [6.07, 6.45) is 5.59. The Hall–Kier alpha value is -2.69. The largest absolute Gasteiger partial charge is 0.492 e. The van der Waals surface area contributed by atoms with E-state index in [4.69, 9.17) is 4.74 Å². The van der Waals surface area contributed by atoms with Crippen LogP contribution in [0.2, 0.25) is 0 Å². The molecule has 2 aromatic rings. The van der Waals surface area contributed by atoms with Gasteiger partial charge in [-0.15, -0.1) is 0 Å². The lowest BCUT2D eigenvalue weighted by Gasteiger charge is -2.12. The third kappa shape index (κ3) is 3.77.